The van der Waals surface area contributed by atoms with Gasteiger partial charge in [0.2, 0.25) is 0 Å². The van der Waals surface area contributed by atoms with Crippen molar-refractivity contribution < 1.29 is 17.7 Å². The van der Waals surface area contributed by atoms with Crippen LogP contribution < -0.4 is 9.80 Å². The number of halogens is 1. The van der Waals surface area contributed by atoms with Crippen LogP contribution in [0.4, 0.5) is 11.4 Å². The number of pyridine rings is 3. The number of β-amino-alcohol motifs (C(OH)–C–C–N with tert-alkyl or cyclic N) is 1. The Bertz CT molecular complexity index is 3460. The molecule has 2 saturated heterocycles. The van der Waals surface area contributed by atoms with Crippen molar-refractivity contribution in [3.05, 3.63) is 161 Å². The number of benzene rings is 4. The van der Waals surface area contributed by atoms with E-state index < -0.39 is 10.1 Å². The van der Waals surface area contributed by atoms with Gasteiger partial charge < -0.3 is 14.9 Å². The lowest BCUT2D eigenvalue weighted by molar-refractivity contribution is 0.142. The SMILES string of the molecule is Cc1ccc(S(=O)(=O)OC2CN(c3ccn4c(c3)nc3ccc(C)cc34)C2)cc1.Cc1ccc2nc3cc(Br)ccn3c2c1.Cc1ccc2nc3cc(N4CC(O)C4)ccn3c2c1. The fourth-order valence-corrected chi connectivity index (χ4v) is 9.51. The number of aliphatic hydroxyl groups is 1. The molecule has 0 saturated carbocycles. The van der Waals surface area contributed by atoms with E-state index in [-0.39, 0.29) is 17.1 Å². The zero-order chi connectivity index (χ0) is 43.6. The molecule has 0 spiro atoms. The smallest absolute Gasteiger partial charge is 0.297 e. The van der Waals surface area contributed by atoms with Gasteiger partial charge in [-0.2, -0.15) is 8.42 Å². The molecule has 12 rings (SSSR count). The number of hydrogen-bond donors (Lipinski definition) is 1. The van der Waals surface area contributed by atoms with Crippen LogP contribution in [0.1, 0.15) is 22.3 Å². The number of anilines is 2. The van der Waals surface area contributed by atoms with Crippen LogP contribution in [0, 0.1) is 27.7 Å². The summed E-state index contributed by atoms with van der Waals surface area (Å²) in [4.78, 5) is 18.3. The Morgan fingerprint density at radius 1 is 0.540 bits per heavy atom. The van der Waals surface area contributed by atoms with Crippen molar-refractivity contribution in [3.63, 3.8) is 0 Å². The highest BCUT2D eigenvalue weighted by molar-refractivity contribution is 9.10. The summed E-state index contributed by atoms with van der Waals surface area (Å²) < 4.78 is 37.6. The Morgan fingerprint density at radius 3 is 1.41 bits per heavy atom. The van der Waals surface area contributed by atoms with Gasteiger partial charge in [0.25, 0.3) is 10.1 Å². The summed E-state index contributed by atoms with van der Waals surface area (Å²) in [5.41, 5.74) is 16.1. The molecule has 2 aliphatic rings. The van der Waals surface area contributed by atoms with Crippen LogP contribution in [-0.4, -0.2) is 80.1 Å². The first kappa shape index (κ1) is 40.7. The van der Waals surface area contributed by atoms with E-state index >= 15 is 0 Å². The summed E-state index contributed by atoms with van der Waals surface area (Å²) in [6.07, 6.45) is 5.58. The van der Waals surface area contributed by atoms with E-state index in [1.54, 1.807) is 24.3 Å². The fourth-order valence-electron chi connectivity index (χ4n) is 8.13. The molecule has 63 heavy (non-hydrogen) atoms. The van der Waals surface area contributed by atoms with Crippen molar-refractivity contribution in [2.75, 3.05) is 36.0 Å². The Kier molecular flexibility index (Phi) is 10.4. The first-order valence-corrected chi connectivity index (χ1v) is 23.0. The first-order chi connectivity index (χ1) is 30.3. The number of imidazole rings is 3. The second-order valence-electron chi connectivity index (χ2n) is 16.6. The highest BCUT2D eigenvalue weighted by Gasteiger charge is 2.33. The van der Waals surface area contributed by atoms with E-state index in [0.29, 0.717) is 13.1 Å². The molecule has 2 fully saturated rings. The molecule has 4 aromatic carbocycles. The van der Waals surface area contributed by atoms with Gasteiger partial charge in [0, 0.05) is 72.7 Å². The first-order valence-electron chi connectivity index (χ1n) is 20.8. The number of aliphatic hydroxyl groups excluding tert-OH is 1. The average molecular weight is 922 g/mol. The van der Waals surface area contributed by atoms with Crippen molar-refractivity contribution in [3.8, 4) is 0 Å². The molecule has 2 aliphatic heterocycles. The molecule has 318 valence electrons. The monoisotopic (exact) mass is 920 g/mol. The molecule has 0 atom stereocenters. The standard InChI is InChI=1S/C22H21N3O3S.C15H15N3O.C12H9BrN2/c1-15-3-6-19(7-4-15)29(26,27)28-18-13-24(14-18)17-9-10-25-21-11-16(2)5-8-20(21)23-22(25)12-17;1-10-2-3-13-14(6-10)18-5-4-11(7-15(18)16-13)17-8-12(19)9-17;1-8-2-3-10-11(6-8)15-5-4-9(13)7-12(15)14-10/h3-12,18H,13-14H2,1-2H3;2-7,12,19H,8-9H2,1H3;2-7H,1H3. The van der Waals surface area contributed by atoms with Gasteiger partial charge in [-0.1, -0.05) is 51.8 Å². The molecule has 10 aromatic rings. The summed E-state index contributed by atoms with van der Waals surface area (Å²) in [6, 6.07) is 37.8. The van der Waals surface area contributed by atoms with E-state index in [1.807, 2.05) is 49.6 Å². The molecular formula is C49H45BrN8O4S. The molecule has 12 nitrogen and oxygen atoms in total. The molecule has 0 bridgehead atoms. The minimum atomic E-state index is -3.74. The molecule has 14 heteroatoms. The van der Waals surface area contributed by atoms with E-state index in [4.69, 9.17) is 9.17 Å². The Labute approximate surface area is 372 Å². The van der Waals surface area contributed by atoms with E-state index in [0.717, 1.165) is 84.5 Å². The third kappa shape index (κ3) is 8.11. The second-order valence-corrected chi connectivity index (χ2v) is 19.0. The van der Waals surface area contributed by atoms with Crippen molar-refractivity contribution in [1.82, 2.24) is 28.2 Å². The molecule has 6 aromatic heterocycles. The lowest BCUT2D eigenvalue weighted by atomic mass is 10.1. The molecule has 1 N–H and O–H groups in total. The number of fused-ring (bicyclic) bond motifs is 9. The average Bonchev–Trinajstić information content (AvgIpc) is 3.91. The Hall–Kier alpha value is -6.32. The van der Waals surface area contributed by atoms with Gasteiger partial charge in [0.1, 0.15) is 23.0 Å². The summed E-state index contributed by atoms with van der Waals surface area (Å²) in [6.45, 7) is 10.7. The maximum atomic E-state index is 12.4. The summed E-state index contributed by atoms with van der Waals surface area (Å²) >= 11 is 3.45. The van der Waals surface area contributed by atoms with Gasteiger partial charge in [-0.3, -0.25) is 17.4 Å². The number of aryl methyl sites for hydroxylation is 4. The van der Waals surface area contributed by atoms with E-state index in [1.165, 1.54) is 16.7 Å². The second kappa shape index (κ2) is 16.1. The molecule has 8 heterocycles. The molecule has 0 aliphatic carbocycles. The Balaban J connectivity index is 0.000000119. The van der Waals surface area contributed by atoms with Gasteiger partial charge in [0.05, 0.1) is 44.1 Å². The Morgan fingerprint density at radius 2 is 0.952 bits per heavy atom. The number of nitrogens with zero attached hydrogens (tertiary/aromatic N) is 8. The van der Waals surface area contributed by atoms with Crippen molar-refractivity contribution >= 4 is 87.5 Å². The van der Waals surface area contributed by atoms with Crippen LogP contribution in [0.2, 0.25) is 0 Å². The van der Waals surface area contributed by atoms with Gasteiger partial charge >= 0.3 is 0 Å². The van der Waals surface area contributed by atoms with E-state index in [9.17, 15) is 13.5 Å². The highest BCUT2D eigenvalue weighted by atomic mass is 79.9. The van der Waals surface area contributed by atoms with Crippen LogP contribution >= 0.6 is 15.9 Å². The van der Waals surface area contributed by atoms with Crippen molar-refractivity contribution in [2.24, 2.45) is 0 Å². The number of aromatic nitrogens is 6. The van der Waals surface area contributed by atoms with E-state index in [2.05, 4.69) is 137 Å². The third-order valence-electron chi connectivity index (χ3n) is 11.6. The third-order valence-corrected chi connectivity index (χ3v) is 13.5. The van der Waals surface area contributed by atoms with Crippen molar-refractivity contribution in [2.45, 2.75) is 44.8 Å². The molecule has 0 amide bonds. The maximum Gasteiger partial charge on any atom is 0.297 e. The number of hydrogen-bond acceptors (Lipinski definition) is 9. The lowest BCUT2D eigenvalue weighted by Crippen LogP contribution is -2.53. The summed E-state index contributed by atoms with van der Waals surface area (Å²) in [5, 5.41) is 9.38. The minimum absolute atomic E-state index is 0.183. The lowest BCUT2D eigenvalue weighted by Gasteiger charge is -2.39. The van der Waals surface area contributed by atoms with Crippen molar-refractivity contribution in [1.29, 1.82) is 0 Å². The van der Waals surface area contributed by atoms with Gasteiger partial charge in [-0.15, -0.1) is 0 Å². The van der Waals surface area contributed by atoms with Crippen LogP contribution in [-0.2, 0) is 14.3 Å². The van der Waals surface area contributed by atoms with Crippen LogP contribution in [0.25, 0.3) is 50.0 Å². The molecule has 0 radical (unpaired) electrons. The predicted octanol–water partition coefficient (Wildman–Crippen LogP) is 9.23. The maximum absolute atomic E-state index is 12.4. The largest absolute Gasteiger partial charge is 0.389 e. The van der Waals surface area contributed by atoms with Crippen LogP contribution in [0.15, 0.2) is 143 Å². The zero-order valence-corrected chi connectivity index (χ0v) is 37.6. The van der Waals surface area contributed by atoms with Gasteiger partial charge in [0.15, 0.2) is 0 Å². The zero-order valence-electron chi connectivity index (χ0n) is 35.2. The number of rotatable bonds is 5. The van der Waals surface area contributed by atoms with Crippen LogP contribution in [0.3, 0.4) is 0 Å². The van der Waals surface area contributed by atoms with Gasteiger partial charge in [-0.25, -0.2) is 15.0 Å². The quantitative estimate of drug-likeness (QED) is 0.169. The highest BCUT2D eigenvalue weighted by Crippen LogP contribution is 2.29. The molecular weight excluding hydrogens is 877 g/mol. The summed E-state index contributed by atoms with van der Waals surface area (Å²) in [7, 11) is -3.74. The van der Waals surface area contributed by atoms with Gasteiger partial charge in [-0.05, 0) is 117 Å². The fraction of sp³-hybridized carbons (Fsp3) is 0.204. The van der Waals surface area contributed by atoms with Crippen LogP contribution in [0.5, 0.6) is 0 Å². The minimum Gasteiger partial charge on any atom is -0.389 e. The predicted molar refractivity (Wildman–Crippen MR) is 254 cm³/mol. The summed E-state index contributed by atoms with van der Waals surface area (Å²) in [5.74, 6) is 0. The molecule has 0 unspecified atom stereocenters. The topological polar surface area (TPSA) is 122 Å². The normalized spacial score (nSPS) is 14.6.